The molecule has 1 N–H and O–H groups in total. The SMILES string of the molecule is CCOC(=O)c1ccccc1C(=O)OC(=O)c1ccccc1C(=O)O. The highest BCUT2D eigenvalue weighted by Crippen LogP contribution is 2.15. The molecule has 2 aromatic carbocycles. The molecule has 0 heterocycles. The number of rotatable bonds is 5. The summed E-state index contributed by atoms with van der Waals surface area (Å²) >= 11 is 0. The number of hydrogen-bond acceptors (Lipinski definition) is 6. The first-order valence-electron chi connectivity index (χ1n) is 7.30. The highest BCUT2D eigenvalue weighted by Gasteiger charge is 2.24. The van der Waals surface area contributed by atoms with Gasteiger partial charge in [-0.25, -0.2) is 19.2 Å². The van der Waals surface area contributed by atoms with E-state index in [9.17, 15) is 19.2 Å². The Balaban J connectivity index is 2.28. The Morgan fingerprint density at radius 3 is 1.60 bits per heavy atom. The highest BCUT2D eigenvalue weighted by atomic mass is 16.6. The standard InChI is InChI=1S/C18H14O7/c1-2-24-16(21)13-9-5-6-10-14(13)18(23)25-17(22)12-8-4-3-7-11(12)15(19)20/h3-10H,2H2,1H3,(H,19,20). The number of carbonyl (C=O) groups is 4. The van der Waals surface area contributed by atoms with Crippen molar-refractivity contribution in [2.24, 2.45) is 0 Å². The zero-order valence-electron chi connectivity index (χ0n) is 13.2. The first-order valence-corrected chi connectivity index (χ1v) is 7.30. The van der Waals surface area contributed by atoms with E-state index in [1.54, 1.807) is 6.92 Å². The van der Waals surface area contributed by atoms with Crippen molar-refractivity contribution in [2.75, 3.05) is 6.61 Å². The van der Waals surface area contributed by atoms with Crippen molar-refractivity contribution >= 4 is 23.9 Å². The molecule has 0 aromatic heterocycles. The quantitative estimate of drug-likeness (QED) is 0.657. The Bertz CT molecular complexity index is 839. The summed E-state index contributed by atoms with van der Waals surface area (Å²) in [7, 11) is 0. The first kappa shape index (κ1) is 17.9. The number of ether oxygens (including phenoxy) is 2. The van der Waals surface area contributed by atoms with Gasteiger partial charge in [0.05, 0.1) is 28.9 Å². The van der Waals surface area contributed by atoms with E-state index in [1.807, 2.05) is 0 Å². The maximum absolute atomic E-state index is 12.2. The van der Waals surface area contributed by atoms with Gasteiger partial charge in [-0.2, -0.15) is 0 Å². The van der Waals surface area contributed by atoms with Crippen molar-refractivity contribution in [1.82, 2.24) is 0 Å². The van der Waals surface area contributed by atoms with Gasteiger partial charge in [-0.3, -0.25) is 0 Å². The zero-order chi connectivity index (χ0) is 18.4. The normalized spacial score (nSPS) is 9.96. The van der Waals surface area contributed by atoms with Gasteiger partial charge in [0.2, 0.25) is 0 Å². The van der Waals surface area contributed by atoms with Crippen LogP contribution >= 0.6 is 0 Å². The maximum atomic E-state index is 12.2. The lowest BCUT2D eigenvalue weighted by Gasteiger charge is -2.09. The van der Waals surface area contributed by atoms with Gasteiger partial charge in [0.25, 0.3) is 0 Å². The van der Waals surface area contributed by atoms with E-state index in [-0.39, 0.29) is 28.9 Å². The molecule has 0 atom stereocenters. The van der Waals surface area contributed by atoms with Crippen molar-refractivity contribution in [1.29, 1.82) is 0 Å². The second kappa shape index (κ2) is 7.87. The summed E-state index contributed by atoms with van der Waals surface area (Å²) < 4.78 is 9.58. The fraction of sp³-hybridized carbons (Fsp3) is 0.111. The Labute approximate surface area is 142 Å². The number of hydrogen-bond donors (Lipinski definition) is 1. The van der Waals surface area contributed by atoms with Crippen molar-refractivity contribution in [3.05, 3.63) is 70.8 Å². The molecule has 0 bridgehead atoms. The van der Waals surface area contributed by atoms with E-state index in [0.717, 1.165) is 0 Å². The van der Waals surface area contributed by atoms with Crippen LogP contribution in [0, 0.1) is 0 Å². The van der Waals surface area contributed by atoms with Crippen LogP contribution in [0.1, 0.15) is 48.4 Å². The number of esters is 3. The van der Waals surface area contributed by atoms with Crippen LogP contribution in [0.2, 0.25) is 0 Å². The summed E-state index contributed by atoms with van der Waals surface area (Å²) in [6.45, 7) is 1.73. The lowest BCUT2D eigenvalue weighted by atomic mass is 10.1. The number of carbonyl (C=O) groups excluding carboxylic acids is 3. The van der Waals surface area contributed by atoms with E-state index in [4.69, 9.17) is 14.6 Å². The van der Waals surface area contributed by atoms with Crippen molar-refractivity contribution in [2.45, 2.75) is 6.92 Å². The third-order valence-electron chi connectivity index (χ3n) is 3.21. The molecule has 128 valence electrons. The molecule has 0 radical (unpaired) electrons. The molecule has 0 aliphatic heterocycles. The molecule has 0 saturated carbocycles. The molecule has 0 aliphatic carbocycles. The topological polar surface area (TPSA) is 107 Å². The predicted octanol–water partition coefficient (Wildman–Crippen LogP) is 2.56. The van der Waals surface area contributed by atoms with Gasteiger partial charge in [0.15, 0.2) is 0 Å². The first-order chi connectivity index (χ1) is 12.0. The molecule has 0 spiro atoms. The average Bonchev–Trinajstić information content (AvgIpc) is 2.61. The van der Waals surface area contributed by atoms with Gasteiger partial charge in [0.1, 0.15) is 0 Å². The second-order valence-corrected chi connectivity index (χ2v) is 4.79. The fourth-order valence-electron chi connectivity index (χ4n) is 2.09. The number of aromatic carboxylic acids is 1. The van der Waals surface area contributed by atoms with Crippen LogP contribution in [0.15, 0.2) is 48.5 Å². The van der Waals surface area contributed by atoms with Crippen molar-refractivity contribution in [3.63, 3.8) is 0 Å². The van der Waals surface area contributed by atoms with Gasteiger partial charge in [-0.15, -0.1) is 0 Å². The molecule has 0 aliphatic rings. The van der Waals surface area contributed by atoms with Crippen LogP contribution in [0.25, 0.3) is 0 Å². The van der Waals surface area contributed by atoms with E-state index in [2.05, 4.69) is 0 Å². The Morgan fingerprint density at radius 2 is 1.16 bits per heavy atom. The molecular weight excluding hydrogens is 328 g/mol. The summed E-state index contributed by atoms with van der Waals surface area (Å²) in [5.74, 6) is -4.25. The van der Waals surface area contributed by atoms with E-state index in [0.29, 0.717) is 0 Å². The van der Waals surface area contributed by atoms with E-state index < -0.39 is 23.9 Å². The van der Waals surface area contributed by atoms with Crippen LogP contribution in [-0.4, -0.2) is 35.6 Å². The van der Waals surface area contributed by atoms with Gasteiger partial charge in [-0.05, 0) is 31.2 Å². The Kier molecular flexibility index (Phi) is 5.62. The third kappa shape index (κ3) is 4.08. The second-order valence-electron chi connectivity index (χ2n) is 4.79. The van der Waals surface area contributed by atoms with Crippen LogP contribution in [0.4, 0.5) is 0 Å². The fourth-order valence-corrected chi connectivity index (χ4v) is 2.09. The largest absolute Gasteiger partial charge is 0.478 e. The maximum Gasteiger partial charge on any atom is 0.346 e. The molecule has 0 unspecified atom stereocenters. The van der Waals surface area contributed by atoms with Crippen LogP contribution in [0.3, 0.4) is 0 Å². The smallest absolute Gasteiger partial charge is 0.346 e. The molecule has 7 nitrogen and oxygen atoms in total. The molecular formula is C18H14O7. The molecule has 0 fully saturated rings. The summed E-state index contributed by atoms with van der Waals surface area (Å²) in [5.41, 5.74) is -0.758. The lowest BCUT2D eigenvalue weighted by molar-refractivity contribution is 0.0380. The number of carboxylic acid groups (broad SMARTS) is 1. The van der Waals surface area contributed by atoms with Gasteiger partial charge in [0, 0.05) is 0 Å². The Hall–Kier alpha value is -3.48. The van der Waals surface area contributed by atoms with Crippen molar-refractivity contribution in [3.8, 4) is 0 Å². The van der Waals surface area contributed by atoms with Gasteiger partial charge < -0.3 is 14.6 Å². The monoisotopic (exact) mass is 342 g/mol. The summed E-state index contributed by atoms with van der Waals surface area (Å²) in [4.78, 5) is 47.4. The van der Waals surface area contributed by atoms with E-state index in [1.165, 1.54) is 48.5 Å². The number of benzene rings is 2. The molecule has 2 rings (SSSR count). The van der Waals surface area contributed by atoms with Crippen LogP contribution in [0.5, 0.6) is 0 Å². The van der Waals surface area contributed by atoms with Gasteiger partial charge in [-0.1, -0.05) is 24.3 Å². The summed E-state index contributed by atoms with van der Waals surface area (Å²) in [6, 6.07) is 11.0. The average molecular weight is 342 g/mol. The van der Waals surface area contributed by atoms with Gasteiger partial charge >= 0.3 is 23.9 Å². The predicted molar refractivity (Wildman–Crippen MR) is 85.5 cm³/mol. The molecule has 25 heavy (non-hydrogen) atoms. The summed E-state index contributed by atoms with van der Waals surface area (Å²) in [6.07, 6.45) is 0. The molecule has 0 saturated heterocycles. The van der Waals surface area contributed by atoms with Crippen molar-refractivity contribution < 1.29 is 33.8 Å². The minimum Gasteiger partial charge on any atom is -0.478 e. The highest BCUT2D eigenvalue weighted by molar-refractivity contribution is 6.10. The third-order valence-corrected chi connectivity index (χ3v) is 3.21. The minimum atomic E-state index is -1.33. The molecule has 2 aromatic rings. The Morgan fingerprint density at radius 1 is 0.760 bits per heavy atom. The summed E-state index contributed by atoms with van der Waals surface area (Å²) in [5, 5.41) is 9.09. The lowest BCUT2D eigenvalue weighted by Crippen LogP contribution is -2.19. The van der Waals surface area contributed by atoms with Crippen LogP contribution in [-0.2, 0) is 9.47 Å². The number of carboxylic acids is 1. The van der Waals surface area contributed by atoms with E-state index >= 15 is 0 Å². The van der Waals surface area contributed by atoms with Crippen LogP contribution < -0.4 is 0 Å². The minimum absolute atomic E-state index is 0.0475. The zero-order valence-corrected chi connectivity index (χ0v) is 13.2. The molecule has 7 heteroatoms. The molecule has 0 amide bonds.